The van der Waals surface area contributed by atoms with Crippen molar-refractivity contribution in [3.8, 4) is 0 Å². The van der Waals surface area contributed by atoms with Crippen molar-refractivity contribution < 1.29 is 14.3 Å². The van der Waals surface area contributed by atoms with Gasteiger partial charge in [0.05, 0.1) is 23.5 Å². The molecule has 7 nitrogen and oxygen atoms in total. The fourth-order valence-corrected chi connectivity index (χ4v) is 3.81. The van der Waals surface area contributed by atoms with Crippen molar-refractivity contribution >= 4 is 34.9 Å². The summed E-state index contributed by atoms with van der Waals surface area (Å²) in [6.45, 7) is 6.71. The molecule has 25 heavy (non-hydrogen) atoms. The van der Waals surface area contributed by atoms with Gasteiger partial charge in [-0.3, -0.25) is 19.9 Å². The molecule has 0 bridgehead atoms. The normalized spacial score (nSPS) is 17.2. The Balaban J connectivity index is 1.65. The van der Waals surface area contributed by atoms with Gasteiger partial charge in [-0.25, -0.2) is 4.79 Å². The molecular formula is C16H25ClN4O3S. The number of thiophene rings is 1. The maximum Gasteiger partial charge on any atom is 0.321 e. The van der Waals surface area contributed by atoms with Crippen LogP contribution in [0.5, 0.6) is 0 Å². The third-order valence-corrected chi connectivity index (χ3v) is 5.10. The van der Waals surface area contributed by atoms with Crippen molar-refractivity contribution in [2.45, 2.75) is 19.5 Å². The minimum atomic E-state index is -0.484. The Labute approximate surface area is 157 Å². The van der Waals surface area contributed by atoms with Gasteiger partial charge in [0.2, 0.25) is 5.91 Å². The molecule has 1 fully saturated rings. The van der Waals surface area contributed by atoms with E-state index in [1.165, 1.54) is 4.88 Å². The van der Waals surface area contributed by atoms with E-state index >= 15 is 0 Å². The van der Waals surface area contributed by atoms with E-state index in [9.17, 15) is 9.59 Å². The third kappa shape index (κ3) is 7.29. The first-order valence-corrected chi connectivity index (χ1v) is 9.44. The van der Waals surface area contributed by atoms with E-state index < -0.39 is 6.03 Å². The van der Waals surface area contributed by atoms with Crippen molar-refractivity contribution in [3.05, 3.63) is 21.3 Å². The summed E-state index contributed by atoms with van der Waals surface area (Å²) >= 11 is 7.56. The summed E-state index contributed by atoms with van der Waals surface area (Å²) in [5.41, 5.74) is 0. The van der Waals surface area contributed by atoms with Crippen LogP contribution >= 0.6 is 22.9 Å². The number of rotatable bonds is 7. The van der Waals surface area contributed by atoms with Crippen molar-refractivity contribution in [1.29, 1.82) is 0 Å². The number of ether oxygens (including phenoxy) is 1. The van der Waals surface area contributed by atoms with Gasteiger partial charge in [-0.05, 0) is 19.1 Å². The number of hydrogen-bond donors (Lipinski definition) is 2. The van der Waals surface area contributed by atoms with E-state index in [-0.39, 0.29) is 18.5 Å². The van der Waals surface area contributed by atoms with Crippen molar-refractivity contribution in [3.63, 3.8) is 0 Å². The van der Waals surface area contributed by atoms with Gasteiger partial charge in [-0.1, -0.05) is 11.6 Å². The average Bonchev–Trinajstić information content (AvgIpc) is 2.94. The van der Waals surface area contributed by atoms with Gasteiger partial charge in [0, 0.05) is 44.7 Å². The zero-order chi connectivity index (χ0) is 18.2. The first kappa shape index (κ1) is 20.1. The molecule has 140 valence electrons. The molecule has 1 unspecified atom stereocenters. The highest BCUT2D eigenvalue weighted by Gasteiger charge is 2.20. The summed E-state index contributed by atoms with van der Waals surface area (Å²) in [7, 11) is 1.56. The summed E-state index contributed by atoms with van der Waals surface area (Å²) in [6.07, 6.45) is 0. The van der Waals surface area contributed by atoms with E-state index in [1.807, 2.05) is 13.0 Å². The second kappa shape index (κ2) is 10.1. The molecule has 9 heteroatoms. The van der Waals surface area contributed by atoms with E-state index in [2.05, 4.69) is 26.5 Å². The van der Waals surface area contributed by atoms with Crippen LogP contribution in [0, 0.1) is 0 Å². The second-order valence-corrected chi connectivity index (χ2v) is 7.94. The standard InChI is InChI=1S/C16H25ClN4O3S/c1-12(11-24-2)18-16(23)19-15(22)10-21-7-5-20(6-8-21)9-13-3-4-14(17)25-13/h3-4,12H,5-11H2,1-2H3,(H2,18,19,22,23). The first-order valence-electron chi connectivity index (χ1n) is 8.24. The van der Waals surface area contributed by atoms with Crippen molar-refractivity contribution in [1.82, 2.24) is 20.4 Å². The Kier molecular flexibility index (Phi) is 8.11. The summed E-state index contributed by atoms with van der Waals surface area (Å²) in [4.78, 5) is 29.3. The predicted octanol–water partition coefficient (Wildman–Crippen LogP) is 1.38. The van der Waals surface area contributed by atoms with Gasteiger partial charge in [-0.2, -0.15) is 0 Å². The molecule has 0 saturated carbocycles. The summed E-state index contributed by atoms with van der Waals surface area (Å²) in [5, 5.41) is 5.01. The molecule has 1 aliphatic rings. The van der Waals surface area contributed by atoms with Gasteiger partial charge >= 0.3 is 6.03 Å². The van der Waals surface area contributed by atoms with Crippen LogP contribution in [0.25, 0.3) is 0 Å². The number of nitrogens with zero attached hydrogens (tertiary/aromatic N) is 2. The summed E-state index contributed by atoms with van der Waals surface area (Å²) in [6, 6.07) is 3.34. The molecule has 1 aromatic rings. The highest BCUT2D eigenvalue weighted by atomic mass is 35.5. The molecule has 2 N–H and O–H groups in total. The Morgan fingerprint density at radius 1 is 1.28 bits per heavy atom. The summed E-state index contributed by atoms with van der Waals surface area (Å²) < 4.78 is 5.75. The highest BCUT2D eigenvalue weighted by molar-refractivity contribution is 7.16. The molecule has 1 atom stereocenters. The minimum Gasteiger partial charge on any atom is -0.383 e. The third-order valence-electron chi connectivity index (χ3n) is 3.89. The lowest BCUT2D eigenvalue weighted by Crippen LogP contribution is -2.51. The Hall–Kier alpha value is -1.19. The highest BCUT2D eigenvalue weighted by Crippen LogP contribution is 2.23. The van der Waals surface area contributed by atoms with Crippen LogP contribution in [0.2, 0.25) is 4.34 Å². The average molecular weight is 389 g/mol. The largest absolute Gasteiger partial charge is 0.383 e. The lowest BCUT2D eigenvalue weighted by molar-refractivity contribution is -0.121. The summed E-state index contributed by atoms with van der Waals surface area (Å²) in [5.74, 6) is -0.291. The molecule has 0 spiro atoms. The van der Waals surface area contributed by atoms with Crippen LogP contribution in [0.15, 0.2) is 12.1 Å². The molecule has 3 amide bonds. The number of urea groups is 1. The maximum atomic E-state index is 12.0. The molecule has 1 aliphatic heterocycles. The lowest BCUT2D eigenvalue weighted by atomic mass is 10.3. The quantitative estimate of drug-likeness (QED) is 0.738. The molecule has 2 heterocycles. The van der Waals surface area contributed by atoms with Crippen LogP contribution in [-0.4, -0.2) is 74.2 Å². The van der Waals surface area contributed by atoms with Crippen LogP contribution < -0.4 is 10.6 Å². The van der Waals surface area contributed by atoms with Gasteiger partial charge in [0.1, 0.15) is 0 Å². The zero-order valence-corrected chi connectivity index (χ0v) is 16.2. The van der Waals surface area contributed by atoms with Crippen LogP contribution in [-0.2, 0) is 16.1 Å². The topological polar surface area (TPSA) is 73.9 Å². The van der Waals surface area contributed by atoms with E-state index in [0.29, 0.717) is 6.61 Å². The van der Waals surface area contributed by atoms with Crippen LogP contribution in [0.4, 0.5) is 4.79 Å². The smallest absolute Gasteiger partial charge is 0.321 e. The SMILES string of the molecule is COCC(C)NC(=O)NC(=O)CN1CCN(Cc2ccc(Cl)s2)CC1. The Morgan fingerprint density at radius 2 is 1.96 bits per heavy atom. The van der Waals surface area contributed by atoms with Crippen LogP contribution in [0.1, 0.15) is 11.8 Å². The first-order chi connectivity index (χ1) is 12.0. The zero-order valence-electron chi connectivity index (χ0n) is 14.6. The molecule has 2 rings (SSSR count). The molecule has 0 aliphatic carbocycles. The molecule has 1 aromatic heterocycles. The number of methoxy groups -OCH3 is 1. The number of carbonyl (C=O) groups excluding carboxylic acids is 2. The minimum absolute atomic E-state index is 0.146. The fraction of sp³-hybridized carbons (Fsp3) is 0.625. The van der Waals surface area contributed by atoms with Crippen molar-refractivity contribution in [2.24, 2.45) is 0 Å². The number of piperazine rings is 1. The number of hydrogen-bond acceptors (Lipinski definition) is 6. The monoisotopic (exact) mass is 388 g/mol. The van der Waals surface area contributed by atoms with Gasteiger partial charge in [0.15, 0.2) is 0 Å². The van der Waals surface area contributed by atoms with Crippen LogP contribution in [0.3, 0.4) is 0 Å². The lowest BCUT2D eigenvalue weighted by Gasteiger charge is -2.33. The predicted molar refractivity (Wildman–Crippen MR) is 99.1 cm³/mol. The number of halogens is 1. The molecule has 1 saturated heterocycles. The Morgan fingerprint density at radius 3 is 2.56 bits per heavy atom. The molecular weight excluding hydrogens is 364 g/mol. The van der Waals surface area contributed by atoms with Gasteiger partial charge in [0.25, 0.3) is 0 Å². The Bertz CT molecular complexity index is 575. The number of imide groups is 1. The fourth-order valence-electron chi connectivity index (χ4n) is 2.68. The van der Waals surface area contributed by atoms with E-state index in [4.69, 9.17) is 16.3 Å². The molecule has 0 aromatic carbocycles. The van der Waals surface area contributed by atoms with E-state index in [1.54, 1.807) is 18.4 Å². The van der Waals surface area contributed by atoms with Gasteiger partial charge < -0.3 is 10.1 Å². The van der Waals surface area contributed by atoms with Crippen molar-refractivity contribution in [2.75, 3.05) is 46.4 Å². The number of amides is 3. The molecule has 0 radical (unpaired) electrons. The van der Waals surface area contributed by atoms with E-state index in [0.717, 1.165) is 37.1 Å². The van der Waals surface area contributed by atoms with Gasteiger partial charge in [-0.15, -0.1) is 11.3 Å². The maximum absolute atomic E-state index is 12.0. The number of carbonyl (C=O) groups is 2. The number of nitrogens with one attached hydrogen (secondary N) is 2. The second-order valence-electron chi connectivity index (χ2n) is 6.14.